The van der Waals surface area contributed by atoms with Crippen molar-refractivity contribution in [1.29, 1.82) is 0 Å². The van der Waals surface area contributed by atoms with E-state index < -0.39 is 0 Å². The molecule has 0 radical (unpaired) electrons. The summed E-state index contributed by atoms with van der Waals surface area (Å²) in [6, 6.07) is 18.3. The summed E-state index contributed by atoms with van der Waals surface area (Å²) < 4.78 is 18.4. The Labute approximate surface area is 176 Å². The van der Waals surface area contributed by atoms with Gasteiger partial charge in [-0.25, -0.2) is 4.39 Å². The van der Waals surface area contributed by atoms with E-state index in [-0.39, 0.29) is 24.2 Å². The molecular weight excluding hydrogens is 379 g/mol. The molecule has 4 rings (SSSR count). The Bertz CT molecular complexity index is 1000. The SMILES string of the molecule is COc1cccc(Cc2ccc([C@H]3CCCN3C(=O)Cc3ccc(F)cc3)nc2)c1. The van der Waals surface area contributed by atoms with Gasteiger partial charge in [-0.05, 0) is 66.3 Å². The second-order valence-electron chi connectivity index (χ2n) is 7.67. The van der Waals surface area contributed by atoms with Gasteiger partial charge in [0, 0.05) is 12.7 Å². The van der Waals surface area contributed by atoms with Crippen LogP contribution in [0.2, 0.25) is 0 Å². The van der Waals surface area contributed by atoms with Gasteiger partial charge in [0.15, 0.2) is 0 Å². The van der Waals surface area contributed by atoms with Crippen molar-refractivity contribution >= 4 is 5.91 Å². The predicted molar refractivity (Wildman–Crippen MR) is 114 cm³/mol. The summed E-state index contributed by atoms with van der Waals surface area (Å²) in [5.41, 5.74) is 4.04. The van der Waals surface area contributed by atoms with Gasteiger partial charge in [0.2, 0.25) is 5.91 Å². The number of benzene rings is 2. The van der Waals surface area contributed by atoms with Crippen molar-refractivity contribution < 1.29 is 13.9 Å². The zero-order chi connectivity index (χ0) is 20.9. The Morgan fingerprint density at radius 3 is 2.63 bits per heavy atom. The molecule has 4 nitrogen and oxygen atoms in total. The molecule has 2 aromatic carbocycles. The molecule has 1 atom stereocenters. The third-order valence-electron chi connectivity index (χ3n) is 5.57. The van der Waals surface area contributed by atoms with E-state index in [1.165, 1.54) is 17.7 Å². The number of halogens is 1. The Morgan fingerprint density at radius 1 is 1.10 bits per heavy atom. The minimum Gasteiger partial charge on any atom is -0.497 e. The number of hydrogen-bond acceptors (Lipinski definition) is 3. The van der Waals surface area contributed by atoms with E-state index >= 15 is 0 Å². The predicted octanol–water partition coefficient (Wildman–Crippen LogP) is 4.73. The summed E-state index contributed by atoms with van der Waals surface area (Å²) >= 11 is 0. The lowest BCUT2D eigenvalue weighted by molar-refractivity contribution is -0.131. The standard InChI is InChI=1S/C25H25FN2O2/c1-30-22-5-2-4-19(15-22)14-20-9-12-23(27-17-20)24-6-3-13-28(24)25(29)16-18-7-10-21(26)11-8-18/h2,4-5,7-12,15,17,24H,3,6,13-14,16H2,1H3/t24-/m1/s1. The van der Waals surface area contributed by atoms with Gasteiger partial charge in [-0.2, -0.15) is 0 Å². The summed E-state index contributed by atoms with van der Waals surface area (Å²) in [4.78, 5) is 19.4. The summed E-state index contributed by atoms with van der Waals surface area (Å²) in [5, 5.41) is 0. The molecule has 1 aromatic heterocycles. The molecule has 1 fully saturated rings. The number of hydrogen-bond donors (Lipinski definition) is 0. The Hall–Kier alpha value is -3.21. The van der Waals surface area contributed by atoms with Gasteiger partial charge in [0.1, 0.15) is 11.6 Å². The van der Waals surface area contributed by atoms with Crippen molar-refractivity contribution in [3.63, 3.8) is 0 Å². The van der Waals surface area contributed by atoms with E-state index in [4.69, 9.17) is 4.74 Å². The third kappa shape index (κ3) is 4.67. The van der Waals surface area contributed by atoms with Crippen LogP contribution in [0, 0.1) is 5.82 Å². The third-order valence-corrected chi connectivity index (χ3v) is 5.57. The number of carbonyl (C=O) groups excluding carboxylic acids is 1. The largest absolute Gasteiger partial charge is 0.497 e. The lowest BCUT2D eigenvalue weighted by atomic mass is 10.0. The molecule has 0 aliphatic carbocycles. The van der Waals surface area contributed by atoms with Gasteiger partial charge in [-0.15, -0.1) is 0 Å². The molecule has 1 aliphatic rings. The van der Waals surface area contributed by atoms with Gasteiger partial charge in [0.25, 0.3) is 0 Å². The second-order valence-corrected chi connectivity index (χ2v) is 7.67. The van der Waals surface area contributed by atoms with Gasteiger partial charge in [-0.1, -0.05) is 30.3 Å². The van der Waals surface area contributed by atoms with Crippen molar-refractivity contribution in [2.75, 3.05) is 13.7 Å². The maximum atomic E-state index is 13.1. The molecule has 2 heterocycles. The first-order chi connectivity index (χ1) is 14.6. The molecule has 0 N–H and O–H groups in total. The number of rotatable bonds is 6. The fourth-order valence-electron chi connectivity index (χ4n) is 4.01. The number of methoxy groups -OCH3 is 1. The van der Waals surface area contributed by atoms with Crippen LogP contribution in [0.15, 0.2) is 66.9 Å². The number of nitrogens with zero attached hydrogens (tertiary/aromatic N) is 2. The van der Waals surface area contributed by atoms with Gasteiger partial charge in [0.05, 0.1) is 25.3 Å². The van der Waals surface area contributed by atoms with Gasteiger partial charge in [-0.3, -0.25) is 9.78 Å². The summed E-state index contributed by atoms with van der Waals surface area (Å²) in [6.07, 6.45) is 4.84. The minimum atomic E-state index is -0.288. The number of amides is 1. The number of carbonyl (C=O) groups is 1. The highest BCUT2D eigenvalue weighted by molar-refractivity contribution is 5.79. The van der Waals surface area contributed by atoms with Gasteiger partial charge < -0.3 is 9.64 Å². The van der Waals surface area contributed by atoms with E-state index in [2.05, 4.69) is 17.1 Å². The highest BCUT2D eigenvalue weighted by atomic mass is 19.1. The summed E-state index contributed by atoms with van der Waals surface area (Å²) in [7, 11) is 1.67. The molecule has 0 saturated carbocycles. The van der Waals surface area contributed by atoms with Crippen LogP contribution in [-0.4, -0.2) is 29.4 Å². The molecule has 1 amide bonds. The number of pyridine rings is 1. The van der Waals surface area contributed by atoms with Crippen molar-refractivity contribution in [1.82, 2.24) is 9.88 Å². The van der Waals surface area contributed by atoms with Crippen LogP contribution in [0.1, 0.15) is 41.3 Å². The molecule has 0 unspecified atom stereocenters. The van der Waals surface area contributed by atoms with Crippen LogP contribution in [0.3, 0.4) is 0 Å². The zero-order valence-corrected chi connectivity index (χ0v) is 17.1. The monoisotopic (exact) mass is 404 g/mol. The molecule has 30 heavy (non-hydrogen) atoms. The van der Waals surface area contributed by atoms with Gasteiger partial charge >= 0.3 is 0 Å². The molecule has 0 bridgehead atoms. The zero-order valence-electron chi connectivity index (χ0n) is 17.1. The van der Waals surface area contributed by atoms with Crippen LogP contribution in [0.25, 0.3) is 0 Å². The first kappa shape index (κ1) is 20.1. The normalized spacial score (nSPS) is 15.9. The number of likely N-dealkylation sites (tertiary alicyclic amines) is 1. The summed E-state index contributed by atoms with van der Waals surface area (Å²) in [5.74, 6) is 0.619. The fraction of sp³-hybridized carbons (Fsp3) is 0.280. The topological polar surface area (TPSA) is 42.4 Å². The first-order valence-electron chi connectivity index (χ1n) is 10.2. The fourth-order valence-corrected chi connectivity index (χ4v) is 4.01. The number of aromatic nitrogens is 1. The molecule has 3 aromatic rings. The van der Waals surface area contributed by atoms with Crippen molar-refractivity contribution in [3.05, 3.63) is 95.1 Å². The lowest BCUT2D eigenvalue weighted by Crippen LogP contribution is -2.32. The molecule has 0 spiro atoms. The molecule has 1 aliphatic heterocycles. The van der Waals surface area contributed by atoms with Crippen molar-refractivity contribution in [2.45, 2.75) is 31.7 Å². The number of ether oxygens (including phenoxy) is 1. The van der Waals surface area contributed by atoms with E-state index in [9.17, 15) is 9.18 Å². The minimum absolute atomic E-state index is 0.00353. The highest BCUT2D eigenvalue weighted by Crippen LogP contribution is 2.31. The molecule has 1 saturated heterocycles. The highest BCUT2D eigenvalue weighted by Gasteiger charge is 2.30. The average Bonchev–Trinajstić information content (AvgIpc) is 3.26. The van der Waals surface area contributed by atoms with Crippen LogP contribution < -0.4 is 4.74 Å². The maximum absolute atomic E-state index is 13.1. The van der Waals surface area contributed by atoms with E-state index in [0.29, 0.717) is 0 Å². The molecule has 154 valence electrons. The molecule has 5 heteroatoms. The summed E-state index contributed by atoms with van der Waals surface area (Å²) in [6.45, 7) is 0.734. The Balaban J connectivity index is 1.43. The van der Waals surface area contributed by atoms with Crippen LogP contribution in [-0.2, 0) is 17.6 Å². The second kappa shape index (κ2) is 9.08. The quantitative estimate of drug-likeness (QED) is 0.597. The van der Waals surface area contributed by atoms with E-state index in [1.807, 2.05) is 35.4 Å². The Kier molecular flexibility index (Phi) is 6.07. The van der Waals surface area contributed by atoms with Crippen molar-refractivity contribution in [2.24, 2.45) is 0 Å². The van der Waals surface area contributed by atoms with E-state index in [1.54, 1.807) is 19.2 Å². The maximum Gasteiger partial charge on any atom is 0.227 e. The smallest absolute Gasteiger partial charge is 0.227 e. The Morgan fingerprint density at radius 2 is 1.90 bits per heavy atom. The average molecular weight is 404 g/mol. The van der Waals surface area contributed by atoms with Crippen molar-refractivity contribution in [3.8, 4) is 5.75 Å². The van der Waals surface area contributed by atoms with Crippen LogP contribution >= 0.6 is 0 Å². The van der Waals surface area contributed by atoms with Crippen LogP contribution in [0.4, 0.5) is 4.39 Å². The molecular formula is C25H25FN2O2. The lowest BCUT2D eigenvalue weighted by Gasteiger charge is -2.24. The van der Waals surface area contributed by atoms with E-state index in [0.717, 1.165) is 48.4 Å². The van der Waals surface area contributed by atoms with Crippen LogP contribution in [0.5, 0.6) is 5.75 Å². The first-order valence-corrected chi connectivity index (χ1v) is 10.2.